The summed E-state index contributed by atoms with van der Waals surface area (Å²) >= 11 is 5.76. The van der Waals surface area contributed by atoms with Gasteiger partial charge in [0.1, 0.15) is 5.15 Å². The number of ether oxygens (including phenoxy) is 1. The van der Waals surface area contributed by atoms with E-state index in [1.807, 2.05) is 0 Å². The highest BCUT2D eigenvalue weighted by Gasteiger charge is 2.33. The lowest BCUT2D eigenvalue weighted by Gasteiger charge is -2.23. The molecule has 1 aromatic rings. The molecule has 0 saturated carbocycles. The van der Waals surface area contributed by atoms with E-state index in [0.717, 1.165) is 0 Å². The molecule has 1 aliphatic rings. The highest BCUT2D eigenvalue weighted by atomic mass is 35.5. The molecule has 0 bridgehead atoms. The smallest absolute Gasteiger partial charge is 0.341 e. The number of carbonyl (C=O) groups is 2. The van der Waals surface area contributed by atoms with Crippen molar-refractivity contribution in [3.8, 4) is 0 Å². The maximum absolute atomic E-state index is 12.0. The molecular formula is C13H15ClN2O5S. The number of halogens is 1. The van der Waals surface area contributed by atoms with Gasteiger partial charge in [-0.25, -0.2) is 18.2 Å². The van der Waals surface area contributed by atoms with Crippen LogP contribution >= 0.6 is 11.6 Å². The first kappa shape index (κ1) is 16.7. The Balaban J connectivity index is 1.90. The van der Waals surface area contributed by atoms with Crippen molar-refractivity contribution < 1.29 is 22.7 Å². The molecule has 1 fully saturated rings. The van der Waals surface area contributed by atoms with E-state index in [-0.39, 0.29) is 28.3 Å². The number of sulfone groups is 1. The highest BCUT2D eigenvalue weighted by molar-refractivity contribution is 7.91. The molecule has 120 valence electrons. The lowest BCUT2D eigenvalue weighted by atomic mass is 10.2. The van der Waals surface area contributed by atoms with Crippen LogP contribution in [-0.2, 0) is 19.4 Å². The molecule has 1 amide bonds. The van der Waals surface area contributed by atoms with Crippen molar-refractivity contribution in [2.24, 2.45) is 0 Å². The first-order chi connectivity index (χ1) is 10.3. The Kier molecular flexibility index (Phi) is 5.02. The van der Waals surface area contributed by atoms with E-state index in [1.165, 1.54) is 30.3 Å². The van der Waals surface area contributed by atoms with Crippen LogP contribution in [0.25, 0.3) is 0 Å². The lowest BCUT2D eigenvalue weighted by molar-refractivity contribution is -0.134. The lowest BCUT2D eigenvalue weighted by Crippen LogP contribution is -2.40. The van der Waals surface area contributed by atoms with Gasteiger partial charge in [-0.05, 0) is 18.6 Å². The van der Waals surface area contributed by atoms with Gasteiger partial charge in [0.05, 0.1) is 17.1 Å². The zero-order valence-corrected chi connectivity index (χ0v) is 13.4. The van der Waals surface area contributed by atoms with Crippen LogP contribution in [0.5, 0.6) is 0 Å². The van der Waals surface area contributed by atoms with Crippen LogP contribution in [-0.4, -0.2) is 61.4 Å². The Hall–Kier alpha value is -1.67. The summed E-state index contributed by atoms with van der Waals surface area (Å²) in [6.07, 6.45) is 1.82. The number of hydrogen-bond acceptors (Lipinski definition) is 6. The monoisotopic (exact) mass is 346 g/mol. The first-order valence-corrected chi connectivity index (χ1v) is 8.74. The second-order valence-corrected chi connectivity index (χ2v) is 7.57. The maximum atomic E-state index is 12.0. The number of nitrogens with zero attached hydrogens (tertiary/aromatic N) is 2. The van der Waals surface area contributed by atoms with Gasteiger partial charge in [-0.3, -0.25) is 4.79 Å². The normalized spacial score (nSPS) is 19.6. The summed E-state index contributed by atoms with van der Waals surface area (Å²) in [5, 5.41) is -0.00445. The van der Waals surface area contributed by atoms with E-state index in [2.05, 4.69) is 4.98 Å². The fourth-order valence-electron chi connectivity index (χ4n) is 2.13. The maximum Gasteiger partial charge on any atom is 0.341 e. The summed E-state index contributed by atoms with van der Waals surface area (Å²) in [6, 6.07) is 2.59. The molecule has 1 atom stereocenters. The van der Waals surface area contributed by atoms with Crippen molar-refractivity contribution >= 4 is 33.3 Å². The molecule has 2 rings (SSSR count). The molecule has 1 aliphatic heterocycles. The van der Waals surface area contributed by atoms with Gasteiger partial charge in [0.25, 0.3) is 5.91 Å². The van der Waals surface area contributed by atoms with Crippen molar-refractivity contribution in [3.05, 3.63) is 29.0 Å². The molecule has 2 heterocycles. The van der Waals surface area contributed by atoms with Crippen molar-refractivity contribution in [1.29, 1.82) is 0 Å². The van der Waals surface area contributed by atoms with Gasteiger partial charge in [-0.1, -0.05) is 11.6 Å². The number of pyridine rings is 1. The first-order valence-electron chi connectivity index (χ1n) is 6.54. The van der Waals surface area contributed by atoms with Crippen molar-refractivity contribution in [1.82, 2.24) is 9.88 Å². The number of amides is 1. The van der Waals surface area contributed by atoms with Crippen LogP contribution < -0.4 is 0 Å². The third-order valence-electron chi connectivity index (χ3n) is 3.46. The van der Waals surface area contributed by atoms with Gasteiger partial charge in [0.2, 0.25) is 0 Å². The Bertz CT molecular complexity index is 691. The fraction of sp³-hybridized carbons (Fsp3) is 0.462. The number of esters is 1. The summed E-state index contributed by atoms with van der Waals surface area (Å²) in [5.41, 5.74) is 0.0723. The third kappa shape index (κ3) is 3.95. The van der Waals surface area contributed by atoms with Crippen LogP contribution in [0, 0.1) is 0 Å². The Morgan fingerprint density at radius 1 is 1.50 bits per heavy atom. The van der Waals surface area contributed by atoms with Crippen LogP contribution in [0.1, 0.15) is 16.8 Å². The number of aromatic nitrogens is 1. The molecule has 0 N–H and O–H groups in total. The standard InChI is InChI=1S/C13H15ClN2O5S/c1-16(9-4-6-22(19,20)8-9)11(17)7-21-13(18)10-3-2-5-15-12(10)14/h2-3,5,9H,4,6-8H2,1H3/t9-/m0/s1. The van der Waals surface area contributed by atoms with Crippen molar-refractivity contribution in [2.75, 3.05) is 25.2 Å². The summed E-state index contributed by atoms with van der Waals surface area (Å²) in [4.78, 5) is 28.8. The van der Waals surface area contributed by atoms with Gasteiger partial charge >= 0.3 is 5.97 Å². The number of carbonyl (C=O) groups excluding carboxylic acids is 2. The summed E-state index contributed by atoms with van der Waals surface area (Å²) in [5.74, 6) is -1.20. The van der Waals surface area contributed by atoms with Gasteiger partial charge in [-0.15, -0.1) is 0 Å². The molecule has 9 heteroatoms. The molecule has 7 nitrogen and oxygen atoms in total. The van der Waals surface area contributed by atoms with Gasteiger partial charge in [0.15, 0.2) is 16.4 Å². The average Bonchev–Trinajstić information content (AvgIpc) is 2.84. The minimum absolute atomic E-state index is 0.00445. The Morgan fingerprint density at radius 3 is 2.82 bits per heavy atom. The van der Waals surface area contributed by atoms with Crippen molar-refractivity contribution in [2.45, 2.75) is 12.5 Å². The van der Waals surface area contributed by atoms with E-state index in [9.17, 15) is 18.0 Å². The molecule has 22 heavy (non-hydrogen) atoms. The molecule has 1 saturated heterocycles. The van der Waals surface area contributed by atoms with Crippen LogP contribution in [0.3, 0.4) is 0 Å². The third-order valence-corrected chi connectivity index (χ3v) is 5.51. The summed E-state index contributed by atoms with van der Waals surface area (Å²) in [7, 11) is -1.58. The number of likely N-dealkylation sites (N-methyl/N-ethyl adjacent to an activating group) is 1. The van der Waals surface area contributed by atoms with E-state index in [1.54, 1.807) is 0 Å². The van der Waals surface area contributed by atoms with Crippen LogP contribution in [0.4, 0.5) is 0 Å². The molecule has 0 unspecified atom stereocenters. The highest BCUT2D eigenvalue weighted by Crippen LogP contribution is 2.17. The van der Waals surface area contributed by atoms with E-state index < -0.39 is 28.3 Å². The topological polar surface area (TPSA) is 93.6 Å². The SMILES string of the molecule is CN(C(=O)COC(=O)c1cccnc1Cl)[C@H]1CCS(=O)(=O)C1. The zero-order chi connectivity index (χ0) is 16.3. The predicted molar refractivity (Wildman–Crippen MR) is 79.4 cm³/mol. The molecule has 0 radical (unpaired) electrons. The molecular weight excluding hydrogens is 332 g/mol. The molecule has 0 aliphatic carbocycles. The second-order valence-electron chi connectivity index (χ2n) is 4.98. The zero-order valence-electron chi connectivity index (χ0n) is 11.9. The molecule has 0 aromatic carbocycles. The number of hydrogen-bond donors (Lipinski definition) is 0. The number of rotatable bonds is 4. The molecule has 0 spiro atoms. The van der Waals surface area contributed by atoms with E-state index in [0.29, 0.717) is 6.42 Å². The van der Waals surface area contributed by atoms with Gasteiger partial charge < -0.3 is 9.64 Å². The van der Waals surface area contributed by atoms with Gasteiger partial charge in [0, 0.05) is 19.3 Å². The average molecular weight is 347 g/mol. The summed E-state index contributed by atoms with van der Waals surface area (Å²) in [6.45, 7) is -0.475. The Morgan fingerprint density at radius 2 is 2.23 bits per heavy atom. The van der Waals surface area contributed by atoms with E-state index >= 15 is 0 Å². The van der Waals surface area contributed by atoms with Crippen molar-refractivity contribution in [3.63, 3.8) is 0 Å². The van der Waals surface area contributed by atoms with Crippen LogP contribution in [0.2, 0.25) is 5.15 Å². The second kappa shape index (κ2) is 6.62. The van der Waals surface area contributed by atoms with Crippen LogP contribution in [0.15, 0.2) is 18.3 Å². The quantitative estimate of drug-likeness (QED) is 0.583. The minimum atomic E-state index is -3.08. The minimum Gasteiger partial charge on any atom is -0.452 e. The van der Waals surface area contributed by atoms with E-state index in [4.69, 9.17) is 16.3 Å². The fourth-order valence-corrected chi connectivity index (χ4v) is 4.10. The summed E-state index contributed by atoms with van der Waals surface area (Å²) < 4.78 is 27.7. The Labute approximate surface area is 133 Å². The molecule has 1 aromatic heterocycles. The largest absolute Gasteiger partial charge is 0.452 e. The predicted octanol–water partition coefficient (Wildman–Crippen LogP) is 0.537. The van der Waals surface area contributed by atoms with Gasteiger partial charge in [-0.2, -0.15) is 0 Å².